The van der Waals surface area contributed by atoms with Crippen LogP contribution in [0.25, 0.3) is 0 Å². The third-order valence-electron chi connectivity index (χ3n) is 4.22. The Hall–Kier alpha value is -2.34. The summed E-state index contributed by atoms with van der Waals surface area (Å²) < 4.78 is 5.70. The number of halogens is 2. The van der Waals surface area contributed by atoms with Crippen LogP contribution < -0.4 is 10.1 Å². The van der Waals surface area contributed by atoms with E-state index in [1.165, 1.54) is 0 Å². The molecule has 150 valence electrons. The third kappa shape index (κ3) is 5.82. The number of ether oxygens (including phenoxy) is 1. The van der Waals surface area contributed by atoms with Crippen molar-refractivity contribution in [2.75, 3.05) is 11.9 Å². The van der Waals surface area contributed by atoms with Gasteiger partial charge in [0.25, 0.3) is 0 Å². The van der Waals surface area contributed by atoms with E-state index in [1.54, 1.807) is 6.20 Å². The van der Waals surface area contributed by atoms with Crippen LogP contribution in [0.2, 0.25) is 10.0 Å². The molecule has 0 aliphatic heterocycles. The molecular formula is C22H21Cl2N3OS. The van der Waals surface area contributed by atoms with Crippen LogP contribution in [0.3, 0.4) is 0 Å². The molecule has 0 bridgehead atoms. The van der Waals surface area contributed by atoms with E-state index in [4.69, 9.17) is 40.2 Å². The summed E-state index contributed by atoms with van der Waals surface area (Å²) in [5, 5.41) is 5.05. The van der Waals surface area contributed by atoms with E-state index in [1.807, 2.05) is 72.6 Å². The number of nitrogens with one attached hydrogen (secondary N) is 1. The number of nitrogens with zero attached hydrogens (tertiary/aromatic N) is 2. The second-order valence-corrected chi connectivity index (χ2v) is 7.48. The topological polar surface area (TPSA) is 37.4 Å². The summed E-state index contributed by atoms with van der Waals surface area (Å²) in [7, 11) is 0. The normalized spacial score (nSPS) is 10.4. The number of hydrogen-bond donors (Lipinski definition) is 1. The van der Waals surface area contributed by atoms with Gasteiger partial charge in [0.1, 0.15) is 5.75 Å². The zero-order chi connectivity index (χ0) is 20.6. The quantitative estimate of drug-likeness (QED) is 0.439. The zero-order valence-electron chi connectivity index (χ0n) is 15.9. The molecule has 29 heavy (non-hydrogen) atoms. The lowest BCUT2D eigenvalue weighted by molar-refractivity contribution is 0.342. The van der Waals surface area contributed by atoms with Crippen LogP contribution in [0, 0.1) is 0 Å². The van der Waals surface area contributed by atoms with E-state index in [0.29, 0.717) is 34.9 Å². The molecule has 3 rings (SSSR count). The van der Waals surface area contributed by atoms with Gasteiger partial charge >= 0.3 is 0 Å². The Kier molecular flexibility index (Phi) is 7.69. The van der Waals surface area contributed by atoms with Crippen LogP contribution in [-0.4, -0.2) is 21.6 Å². The van der Waals surface area contributed by atoms with Crippen molar-refractivity contribution < 1.29 is 4.74 Å². The number of aromatic nitrogens is 1. The monoisotopic (exact) mass is 445 g/mol. The van der Waals surface area contributed by atoms with Crippen molar-refractivity contribution in [1.82, 2.24) is 9.88 Å². The number of anilines is 1. The van der Waals surface area contributed by atoms with Gasteiger partial charge < -0.3 is 15.0 Å². The van der Waals surface area contributed by atoms with Crippen LogP contribution in [-0.2, 0) is 13.1 Å². The van der Waals surface area contributed by atoms with Gasteiger partial charge in [-0.25, -0.2) is 0 Å². The first-order valence-electron chi connectivity index (χ1n) is 9.18. The largest absolute Gasteiger partial charge is 0.492 e. The van der Waals surface area contributed by atoms with E-state index >= 15 is 0 Å². The minimum Gasteiger partial charge on any atom is -0.492 e. The average Bonchev–Trinajstić information content (AvgIpc) is 2.72. The lowest BCUT2D eigenvalue weighted by Crippen LogP contribution is -2.34. The summed E-state index contributed by atoms with van der Waals surface area (Å²) in [6, 6.07) is 17.1. The molecule has 0 fully saturated rings. The highest BCUT2D eigenvalue weighted by Crippen LogP contribution is 2.28. The van der Waals surface area contributed by atoms with Gasteiger partial charge in [-0.2, -0.15) is 0 Å². The Balaban J connectivity index is 1.87. The number of pyridine rings is 1. The molecule has 0 aliphatic carbocycles. The van der Waals surface area contributed by atoms with Gasteiger partial charge in [-0.1, -0.05) is 47.5 Å². The number of benzene rings is 2. The molecule has 1 N–H and O–H groups in total. The van der Waals surface area contributed by atoms with Crippen LogP contribution in [0.15, 0.2) is 67.0 Å². The molecule has 1 aromatic heterocycles. The molecule has 7 heteroatoms. The van der Waals surface area contributed by atoms with Crippen molar-refractivity contribution in [2.24, 2.45) is 0 Å². The Labute approximate surface area is 186 Å². The van der Waals surface area contributed by atoms with Gasteiger partial charge in [0.05, 0.1) is 12.3 Å². The highest BCUT2D eigenvalue weighted by molar-refractivity contribution is 7.80. The summed E-state index contributed by atoms with van der Waals surface area (Å²) in [6.07, 6.45) is 3.56. The first kappa shape index (κ1) is 21.4. The van der Waals surface area contributed by atoms with Crippen molar-refractivity contribution >= 4 is 46.2 Å². The maximum absolute atomic E-state index is 6.40. The maximum Gasteiger partial charge on any atom is 0.174 e. The van der Waals surface area contributed by atoms with E-state index in [9.17, 15) is 0 Å². The van der Waals surface area contributed by atoms with E-state index in [2.05, 4.69) is 10.3 Å². The second kappa shape index (κ2) is 10.4. The van der Waals surface area contributed by atoms with E-state index < -0.39 is 0 Å². The number of para-hydroxylation sites is 2. The van der Waals surface area contributed by atoms with Gasteiger partial charge in [0.2, 0.25) is 0 Å². The van der Waals surface area contributed by atoms with E-state index in [-0.39, 0.29) is 0 Å². The molecule has 1 heterocycles. The van der Waals surface area contributed by atoms with Gasteiger partial charge in [-0.15, -0.1) is 0 Å². The van der Waals surface area contributed by atoms with Gasteiger partial charge in [0, 0.05) is 41.1 Å². The van der Waals surface area contributed by atoms with Gasteiger partial charge in [0.15, 0.2) is 5.11 Å². The Bertz CT molecular complexity index is 949. The Morgan fingerprint density at radius 2 is 1.79 bits per heavy atom. The predicted molar refractivity (Wildman–Crippen MR) is 124 cm³/mol. The Morgan fingerprint density at radius 1 is 1.03 bits per heavy atom. The summed E-state index contributed by atoms with van der Waals surface area (Å²) in [5.74, 6) is 0.745. The fraction of sp³-hybridized carbons (Fsp3) is 0.182. The van der Waals surface area contributed by atoms with Crippen molar-refractivity contribution in [1.29, 1.82) is 0 Å². The lowest BCUT2D eigenvalue weighted by atomic mass is 10.2. The third-order valence-corrected chi connectivity index (χ3v) is 5.29. The summed E-state index contributed by atoms with van der Waals surface area (Å²) in [5.41, 5.74) is 2.65. The number of rotatable bonds is 7. The average molecular weight is 446 g/mol. The van der Waals surface area contributed by atoms with Crippen molar-refractivity contribution in [2.45, 2.75) is 20.0 Å². The lowest BCUT2D eigenvalue weighted by Gasteiger charge is -2.27. The highest BCUT2D eigenvalue weighted by atomic mass is 35.5. The molecule has 0 atom stereocenters. The molecule has 0 saturated heterocycles. The van der Waals surface area contributed by atoms with Crippen LogP contribution in [0.5, 0.6) is 5.75 Å². The van der Waals surface area contributed by atoms with E-state index in [0.717, 1.165) is 22.6 Å². The zero-order valence-corrected chi connectivity index (χ0v) is 18.3. The molecule has 0 amide bonds. The molecule has 0 unspecified atom stereocenters. The molecule has 0 radical (unpaired) electrons. The van der Waals surface area contributed by atoms with Gasteiger partial charge in [-0.3, -0.25) is 4.98 Å². The van der Waals surface area contributed by atoms with Crippen molar-refractivity contribution in [3.63, 3.8) is 0 Å². The first-order valence-corrected chi connectivity index (χ1v) is 10.3. The molecule has 0 aliphatic rings. The molecule has 0 spiro atoms. The second-order valence-electron chi connectivity index (χ2n) is 6.28. The van der Waals surface area contributed by atoms with Crippen LogP contribution >= 0.6 is 35.4 Å². The highest BCUT2D eigenvalue weighted by Gasteiger charge is 2.17. The first-order chi connectivity index (χ1) is 14.1. The van der Waals surface area contributed by atoms with Crippen molar-refractivity contribution in [3.05, 3.63) is 88.2 Å². The fourth-order valence-corrected chi connectivity index (χ4v) is 3.59. The predicted octanol–water partition coefficient (Wildman–Crippen LogP) is 6.19. The summed E-state index contributed by atoms with van der Waals surface area (Å²) in [4.78, 5) is 6.20. The smallest absolute Gasteiger partial charge is 0.174 e. The van der Waals surface area contributed by atoms with Crippen LogP contribution in [0.1, 0.15) is 18.1 Å². The molecule has 2 aromatic carbocycles. The van der Waals surface area contributed by atoms with Crippen molar-refractivity contribution in [3.8, 4) is 5.75 Å². The van der Waals surface area contributed by atoms with Crippen LogP contribution in [0.4, 0.5) is 5.69 Å². The minimum absolute atomic E-state index is 0.454. The minimum atomic E-state index is 0.454. The molecule has 0 saturated carbocycles. The Morgan fingerprint density at radius 3 is 2.48 bits per heavy atom. The number of hydrogen-bond acceptors (Lipinski definition) is 3. The number of thiocarbonyl (C=S) groups is 1. The standard InChI is InChI=1S/C22H21Cl2N3OS/c1-2-28-21-11-4-3-10-20(21)26-22(29)27(14-16-7-6-12-25-13-16)15-17-18(23)8-5-9-19(17)24/h3-13H,2,14-15H2,1H3,(H,26,29). The molecule has 3 aromatic rings. The molecule has 4 nitrogen and oxygen atoms in total. The maximum atomic E-state index is 6.40. The SMILES string of the molecule is CCOc1ccccc1NC(=S)N(Cc1cccnc1)Cc1c(Cl)cccc1Cl. The summed E-state index contributed by atoms with van der Waals surface area (Å²) in [6.45, 7) is 3.53. The molecular weight excluding hydrogens is 425 g/mol. The fourth-order valence-electron chi connectivity index (χ4n) is 2.83. The van der Waals surface area contributed by atoms with Gasteiger partial charge in [-0.05, 0) is 55.0 Å². The summed E-state index contributed by atoms with van der Waals surface area (Å²) >= 11 is 18.5.